The van der Waals surface area contributed by atoms with Gasteiger partial charge in [0.15, 0.2) is 23.0 Å². The number of hydrogen-bond acceptors (Lipinski definition) is 21. The third-order valence-electron chi connectivity index (χ3n) is 22.0. The van der Waals surface area contributed by atoms with Crippen LogP contribution in [0.3, 0.4) is 0 Å². The van der Waals surface area contributed by atoms with Crippen LogP contribution in [0.5, 0.6) is 0 Å². The normalized spacial score (nSPS) is 11.7. The van der Waals surface area contributed by atoms with Crippen LogP contribution in [0.4, 0.5) is 0 Å². The number of nitrogens with zero attached hydrogens (tertiary/aromatic N) is 7. The van der Waals surface area contributed by atoms with Gasteiger partial charge in [0.1, 0.15) is 0 Å². The Balaban J connectivity index is 0.000000156. The number of aryl methyl sites for hydroxylation is 5. The molecular formula is C112H97N7O15S2. The molecular weight excluding hydrogens is 1750 g/mol. The highest BCUT2D eigenvalue weighted by atomic mass is 32.2. The molecule has 0 bridgehead atoms. The highest BCUT2D eigenvalue weighted by molar-refractivity contribution is 7.99. The Hall–Kier alpha value is -16.2. The molecule has 0 radical (unpaired) electrons. The van der Waals surface area contributed by atoms with E-state index in [4.69, 9.17) is 24.2 Å². The first-order chi connectivity index (χ1) is 65.6. The zero-order valence-electron chi connectivity index (χ0n) is 76.9. The van der Waals surface area contributed by atoms with Crippen LogP contribution in [0.2, 0.25) is 0 Å². The van der Waals surface area contributed by atoms with Gasteiger partial charge in [-0.2, -0.15) is 5.06 Å². The molecule has 0 N–H and O–H groups in total. The number of amides is 1. The molecule has 1 amide bonds. The fourth-order valence-corrected chi connectivity index (χ4v) is 17.1. The van der Waals surface area contributed by atoms with Crippen LogP contribution in [0.1, 0.15) is 171 Å². The lowest BCUT2D eigenvalue weighted by atomic mass is 9.96. The van der Waals surface area contributed by atoms with Crippen LogP contribution < -0.4 is 0 Å². The Kier molecular flexibility index (Phi) is 32.8. The van der Waals surface area contributed by atoms with E-state index in [9.17, 15) is 47.9 Å². The zero-order chi connectivity index (χ0) is 96.6. The van der Waals surface area contributed by atoms with Crippen molar-refractivity contribution in [2.24, 2.45) is 20.6 Å². The number of rotatable bonds is 26. The summed E-state index contributed by atoms with van der Waals surface area (Å²) in [4.78, 5) is 153. The molecule has 2 aromatic heterocycles. The van der Waals surface area contributed by atoms with Gasteiger partial charge < -0.3 is 33.3 Å². The molecule has 16 aromatic rings. The summed E-state index contributed by atoms with van der Waals surface area (Å²) in [6, 6.07) is 102. The van der Waals surface area contributed by atoms with Gasteiger partial charge in [-0.05, 0) is 227 Å². The lowest BCUT2D eigenvalue weighted by molar-refractivity contribution is -0.202. The Morgan fingerprint density at radius 3 is 1.12 bits per heavy atom. The number of fused-ring (bicyclic) bond motifs is 7. The van der Waals surface area contributed by atoms with Crippen LogP contribution in [0.15, 0.2) is 368 Å². The highest BCUT2D eigenvalue weighted by Crippen LogP contribution is 2.37. The van der Waals surface area contributed by atoms with Crippen LogP contribution in [-0.2, 0) is 61.3 Å². The molecule has 16 rings (SSSR count). The minimum absolute atomic E-state index is 0.0150. The summed E-state index contributed by atoms with van der Waals surface area (Å²) in [5, 5.41) is 22.6. The van der Waals surface area contributed by atoms with E-state index in [0.717, 1.165) is 108 Å². The van der Waals surface area contributed by atoms with Crippen molar-refractivity contribution >= 4 is 160 Å². The predicted molar refractivity (Wildman–Crippen MR) is 535 cm³/mol. The Morgan fingerprint density at radius 1 is 0.324 bits per heavy atom. The average Bonchev–Trinajstić information content (AvgIpc) is 1.60. The van der Waals surface area contributed by atoms with Crippen molar-refractivity contribution in [1.82, 2.24) is 14.2 Å². The van der Waals surface area contributed by atoms with E-state index < -0.39 is 41.8 Å². The number of benzene rings is 14. The molecule has 682 valence electrons. The van der Waals surface area contributed by atoms with Crippen LogP contribution in [0.25, 0.3) is 54.4 Å². The number of oxime groups is 4. The van der Waals surface area contributed by atoms with Gasteiger partial charge in [-0.15, -0.1) is 0 Å². The molecule has 0 aliphatic heterocycles. The smallest absolute Gasteiger partial charge is 0.341 e. The summed E-state index contributed by atoms with van der Waals surface area (Å²) < 4.78 is 4.40. The molecule has 2 heterocycles. The van der Waals surface area contributed by atoms with E-state index in [0.29, 0.717) is 73.6 Å². The van der Waals surface area contributed by atoms with Crippen LogP contribution in [-0.4, -0.2) is 102 Å². The second-order valence-corrected chi connectivity index (χ2v) is 33.9. The summed E-state index contributed by atoms with van der Waals surface area (Å²) in [5.74, 6) is -4.01. The number of Topliss-reactive ketones (excluding diaryl/α,β-unsaturated/α-hetero) is 2. The molecule has 0 aliphatic carbocycles. The summed E-state index contributed by atoms with van der Waals surface area (Å²) in [5.41, 5.74) is 14.6. The van der Waals surface area contributed by atoms with Crippen molar-refractivity contribution in [3.8, 4) is 0 Å². The largest absolute Gasteiger partial charge is 0.365 e. The molecule has 0 aliphatic rings. The van der Waals surface area contributed by atoms with Crippen molar-refractivity contribution in [3.05, 3.63) is 405 Å². The molecule has 0 fully saturated rings. The molecule has 0 saturated heterocycles. The van der Waals surface area contributed by atoms with E-state index in [2.05, 4.69) is 43.6 Å². The molecule has 22 nitrogen and oxygen atoms in total. The van der Waals surface area contributed by atoms with E-state index in [1.807, 2.05) is 288 Å². The van der Waals surface area contributed by atoms with Gasteiger partial charge in [-0.25, -0.2) is 19.2 Å². The van der Waals surface area contributed by atoms with E-state index >= 15 is 0 Å². The first kappa shape index (κ1) is 97.4. The monoisotopic (exact) mass is 1840 g/mol. The Morgan fingerprint density at radius 2 is 0.676 bits per heavy atom. The number of hydroxylamine groups is 2. The van der Waals surface area contributed by atoms with E-state index in [1.165, 1.54) is 34.6 Å². The Labute approximate surface area is 795 Å². The average molecular weight is 1850 g/mol. The number of aromatic nitrogens is 2. The summed E-state index contributed by atoms with van der Waals surface area (Å²) in [7, 11) is 0. The van der Waals surface area contributed by atoms with Gasteiger partial charge in [0, 0.05) is 167 Å². The van der Waals surface area contributed by atoms with Gasteiger partial charge in [0.05, 0.1) is 23.0 Å². The second kappa shape index (κ2) is 45.8. The SMILES string of the molecule is CC(=O)O/N=C(\C(=O)c1ccc(Sc2ccccc2)cc1)c1ccccc1C.CCn1c2ccc(C(=O)c3cccc4ccccc34)cc2c2cc(/C(CC(C)N(OC(C)=O)C(C)=O)=N/OC(C)=O)ccc21.CCn1c2ccc(C(=O)c3ccccc3C)cc2c2cc(/C(C)=N/OC(C)=O)ccc21.Cc1ccccc1/C(=N/OC(=O)c1ccccc1)C(=O)c1ccc(Sc2ccccc2)cc1. The minimum atomic E-state index is -0.631. The van der Waals surface area contributed by atoms with E-state index in [-0.39, 0.29) is 41.0 Å². The lowest BCUT2D eigenvalue weighted by Crippen LogP contribution is -2.39. The lowest BCUT2D eigenvalue weighted by Gasteiger charge is -2.26. The maximum Gasteiger partial charge on any atom is 0.365 e. The maximum atomic E-state index is 13.8. The van der Waals surface area contributed by atoms with Crippen molar-refractivity contribution < 1.29 is 72.1 Å². The minimum Gasteiger partial charge on any atom is -0.341 e. The van der Waals surface area contributed by atoms with Gasteiger partial charge >= 0.3 is 29.8 Å². The Bertz CT molecular complexity index is 7350. The molecule has 24 heteroatoms. The summed E-state index contributed by atoms with van der Waals surface area (Å²) in [6.45, 7) is 21.2. The third-order valence-corrected chi connectivity index (χ3v) is 24.0. The van der Waals surface area contributed by atoms with E-state index in [1.54, 1.807) is 98.0 Å². The molecule has 14 aromatic carbocycles. The highest BCUT2D eigenvalue weighted by Gasteiger charge is 2.28. The second-order valence-electron chi connectivity index (χ2n) is 31.7. The van der Waals surface area contributed by atoms with Gasteiger partial charge in [0.25, 0.3) is 5.91 Å². The standard InChI is InChI=1S/C35H33N3O6.C28H21NO3S.C26H24N2O3.C23H19NO3S/c1-6-37-33-16-14-26(32(36-43-23(4)40)18-21(2)38(22(3)39)44-24(5)41)19-30(33)31-20-27(15-17-34(31)37)35(42)29-13-9-11-25-10-7-8-12-28(25)29;1-20-10-8-9-15-25(20)26(29-32-28(31)22-11-4-2-5-12-22)27(30)21-16-18-24(19-17-21)33-23-13-6-3-7-14-23;1-5-28-24-12-10-19(17(3)27-31-18(4)29)14-22(24)23-15-20(11-13-25(23)28)26(30)21-9-7-6-8-16(21)2;1-16-8-6-7-11-21(16)22(24-27-17(2)25)23(26)18-12-14-20(15-13-18)28-19-9-4-3-5-10-19/h7-17,19-21H,6,18H2,1-5H3;2-19H,1H3;6-15H,5H2,1-4H3;3-15H,1-2H3/b36-32+;29-26-;27-17+;24-22-. The summed E-state index contributed by atoms with van der Waals surface area (Å²) >= 11 is 3.23. The van der Waals surface area contributed by atoms with Crippen LogP contribution in [0, 0.1) is 20.8 Å². The van der Waals surface area contributed by atoms with Crippen molar-refractivity contribution in [1.29, 1.82) is 0 Å². The van der Waals surface area contributed by atoms with Crippen molar-refractivity contribution in [3.63, 3.8) is 0 Å². The van der Waals surface area contributed by atoms with Gasteiger partial charge in [0.2, 0.25) is 11.6 Å². The van der Waals surface area contributed by atoms with Crippen LogP contribution >= 0.6 is 23.5 Å². The number of carbonyl (C=O) groups is 10. The topological polar surface area (TPSA) is 279 Å². The fourth-order valence-electron chi connectivity index (χ4n) is 15.4. The molecule has 0 spiro atoms. The zero-order valence-corrected chi connectivity index (χ0v) is 78.6. The molecule has 1 atom stereocenters. The number of carbonyl (C=O) groups excluding carboxylic acids is 10. The van der Waals surface area contributed by atoms with Gasteiger partial charge in [-0.3, -0.25) is 28.8 Å². The van der Waals surface area contributed by atoms with Crippen molar-refractivity contribution in [2.75, 3.05) is 0 Å². The first-order valence-electron chi connectivity index (χ1n) is 43.8. The first-order valence-corrected chi connectivity index (χ1v) is 45.5. The van der Waals surface area contributed by atoms with Gasteiger partial charge in [-0.1, -0.05) is 226 Å². The quantitative estimate of drug-likeness (QED) is 0.0211. The van der Waals surface area contributed by atoms with Crippen molar-refractivity contribution in [2.45, 2.75) is 128 Å². The number of hydrogen-bond donors (Lipinski definition) is 0. The fraction of sp³-hybridized carbons (Fsp3) is 0.143. The molecule has 1 unspecified atom stereocenters. The maximum absolute atomic E-state index is 13.8. The molecule has 0 saturated carbocycles. The predicted octanol–water partition coefficient (Wildman–Crippen LogP) is 24.1. The number of ketones is 4. The summed E-state index contributed by atoms with van der Waals surface area (Å²) in [6.07, 6.45) is 0.128. The third kappa shape index (κ3) is 24.2. The molecule has 136 heavy (non-hydrogen) atoms.